The molecule has 0 aromatic heterocycles. The average molecular weight is 278 g/mol. The molecule has 1 saturated heterocycles. The molecule has 1 aliphatic heterocycles. The number of carbonyl (C=O) groups excluding carboxylic acids is 1. The average Bonchev–Trinajstić information content (AvgIpc) is 2.24. The molecular formula is C11H10ClF2NO3. The highest BCUT2D eigenvalue weighted by Gasteiger charge is 2.34. The lowest BCUT2D eigenvalue weighted by molar-refractivity contribution is -0.136. The summed E-state index contributed by atoms with van der Waals surface area (Å²) in [5.74, 6) is -2.57. The van der Waals surface area contributed by atoms with Crippen molar-refractivity contribution in [1.29, 1.82) is 0 Å². The zero-order valence-electron chi connectivity index (χ0n) is 9.11. The number of halogens is 3. The number of carbonyl (C=O) groups is 1. The summed E-state index contributed by atoms with van der Waals surface area (Å²) in [4.78, 5) is 12.3. The Morgan fingerprint density at radius 2 is 1.61 bits per heavy atom. The second-order valence-electron chi connectivity index (χ2n) is 4.06. The molecule has 0 bridgehead atoms. The summed E-state index contributed by atoms with van der Waals surface area (Å²) in [6.07, 6.45) is -2.94. The fourth-order valence-corrected chi connectivity index (χ4v) is 2.10. The molecule has 1 aliphatic rings. The molecular weight excluding hydrogens is 268 g/mol. The molecule has 1 fully saturated rings. The Hall–Kier alpha value is -1.24. The number of hydrogen-bond donors (Lipinski definition) is 2. The van der Waals surface area contributed by atoms with Gasteiger partial charge < -0.3 is 15.1 Å². The first-order chi connectivity index (χ1) is 8.40. The number of piperidine rings is 1. The van der Waals surface area contributed by atoms with Gasteiger partial charge in [-0.15, -0.1) is 0 Å². The van der Waals surface area contributed by atoms with E-state index in [0.29, 0.717) is 0 Å². The fraction of sp³-hybridized carbons (Fsp3) is 0.364. The molecule has 18 heavy (non-hydrogen) atoms. The first kappa shape index (κ1) is 13.2. The lowest BCUT2D eigenvalue weighted by Gasteiger charge is -2.34. The van der Waals surface area contributed by atoms with Crippen LogP contribution in [0.15, 0.2) is 12.1 Å². The maximum absolute atomic E-state index is 13.6. The van der Waals surface area contributed by atoms with Crippen LogP contribution in [0.3, 0.4) is 0 Å². The highest BCUT2D eigenvalue weighted by molar-refractivity contribution is 6.30. The number of benzene rings is 1. The van der Waals surface area contributed by atoms with Crippen molar-refractivity contribution >= 4 is 23.1 Å². The Morgan fingerprint density at radius 3 is 2.06 bits per heavy atom. The first-order valence-corrected chi connectivity index (χ1v) is 5.57. The van der Waals surface area contributed by atoms with Crippen LogP contribution in [-0.4, -0.2) is 41.3 Å². The van der Waals surface area contributed by atoms with Crippen molar-refractivity contribution < 1.29 is 23.8 Å². The van der Waals surface area contributed by atoms with Crippen LogP contribution in [0.5, 0.6) is 0 Å². The zero-order valence-corrected chi connectivity index (χ0v) is 9.86. The van der Waals surface area contributed by atoms with E-state index in [1.54, 1.807) is 0 Å². The third kappa shape index (κ3) is 2.31. The topological polar surface area (TPSA) is 60.8 Å². The number of ketones is 1. The lowest BCUT2D eigenvalue weighted by Crippen LogP contribution is -2.53. The van der Waals surface area contributed by atoms with E-state index in [2.05, 4.69) is 0 Å². The SMILES string of the molecule is O=C1C(O)CN(c2c(F)cc(Cl)cc2F)CC1O. The maximum atomic E-state index is 13.6. The van der Waals surface area contributed by atoms with E-state index in [-0.39, 0.29) is 18.1 Å². The highest BCUT2D eigenvalue weighted by Crippen LogP contribution is 2.28. The van der Waals surface area contributed by atoms with Gasteiger partial charge in [0, 0.05) is 5.02 Å². The van der Waals surface area contributed by atoms with Gasteiger partial charge in [-0.2, -0.15) is 0 Å². The Morgan fingerprint density at radius 1 is 1.17 bits per heavy atom. The molecule has 1 heterocycles. The number of rotatable bonds is 1. The van der Waals surface area contributed by atoms with Crippen molar-refractivity contribution in [3.05, 3.63) is 28.8 Å². The Balaban J connectivity index is 2.35. The quantitative estimate of drug-likeness (QED) is 0.794. The van der Waals surface area contributed by atoms with Crippen LogP contribution in [0.4, 0.5) is 14.5 Å². The Labute approximate surface area is 106 Å². The molecule has 0 saturated carbocycles. The summed E-state index contributed by atoms with van der Waals surface area (Å²) in [5.41, 5.74) is -0.412. The monoisotopic (exact) mass is 277 g/mol. The van der Waals surface area contributed by atoms with Crippen LogP contribution >= 0.6 is 11.6 Å². The molecule has 0 aliphatic carbocycles. The van der Waals surface area contributed by atoms with Crippen LogP contribution < -0.4 is 4.90 Å². The second-order valence-corrected chi connectivity index (χ2v) is 4.49. The molecule has 0 radical (unpaired) electrons. The summed E-state index contributed by atoms with van der Waals surface area (Å²) in [6.45, 7) is -0.545. The van der Waals surface area contributed by atoms with Gasteiger partial charge in [-0.3, -0.25) is 4.79 Å². The minimum Gasteiger partial charge on any atom is -0.383 e. The van der Waals surface area contributed by atoms with Crippen molar-refractivity contribution in [3.8, 4) is 0 Å². The van der Waals surface area contributed by atoms with Crippen LogP contribution in [0.1, 0.15) is 0 Å². The van der Waals surface area contributed by atoms with Gasteiger partial charge in [0.1, 0.15) is 17.9 Å². The van der Waals surface area contributed by atoms with Crippen molar-refractivity contribution in [2.45, 2.75) is 12.2 Å². The predicted octanol–water partition coefficient (Wildman–Crippen LogP) is 0.729. The molecule has 2 rings (SSSR count). The number of anilines is 1. The summed E-state index contributed by atoms with van der Waals surface area (Å²) in [6, 6.07) is 1.85. The van der Waals surface area contributed by atoms with Crippen LogP contribution in [0.25, 0.3) is 0 Å². The van der Waals surface area contributed by atoms with Gasteiger partial charge in [-0.05, 0) is 12.1 Å². The largest absolute Gasteiger partial charge is 0.383 e. The van der Waals surface area contributed by atoms with Gasteiger partial charge in [-0.25, -0.2) is 8.78 Å². The van der Waals surface area contributed by atoms with Crippen LogP contribution in [-0.2, 0) is 4.79 Å². The normalized spacial score (nSPS) is 24.5. The molecule has 4 nitrogen and oxygen atoms in total. The van der Waals surface area contributed by atoms with E-state index in [0.717, 1.165) is 17.0 Å². The van der Waals surface area contributed by atoms with Gasteiger partial charge in [0.25, 0.3) is 0 Å². The van der Waals surface area contributed by atoms with Gasteiger partial charge in [0.2, 0.25) is 0 Å². The Bertz CT molecular complexity index is 460. The van der Waals surface area contributed by atoms with E-state index < -0.39 is 35.3 Å². The molecule has 98 valence electrons. The zero-order chi connectivity index (χ0) is 13.4. The fourth-order valence-electron chi connectivity index (χ4n) is 1.91. The molecule has 2 atom stereocenters. The number of β-amino-alcohol motifs (C(OH)–C–C–N with tert-alkyl or cyclic N) is 2. The van der Waals surface area contributed by atoms with Gasteiger partial charge in [0.15, 0.2) is 17.4 Å². The molecule has 0 amide bonds. The van der Waals surface area contributed by atoms with Gasteiger partial charge in [0.05, 0.1) is 13.1 Å². The van der Waals surface area contributed by atoms with Crippen LogP contribution in [0.2, 0.25) is 5.02 Å². The van der Waals surface area contributed by atoms with Crippen molar-refractivity contribution in [1.82, 2.24) is 0 Å². The molecule has 7 heteroatoms. The number of nitrogens with zero attached hydrogens (tertiary/aromatic N) is 1. The summed E-state index contributed by atoms with van der Waals surface area (Å²) in [7, 11) is 0. The maximum Gasteiger partial charge on any atom is 0.193 e. The summed E-state index contributed by atoms with van der Waals surface area (Å²) >= 11 is 5.49. The predicted molar refractivity (Wildman–Crippen MR) is 60.6 cm³/mol. The first-order valence-electron chi connectivity index (χ1n) is 5.19. The van der Waals surface area contributed by atoms with E-state index in [4.69, 9.17) is 11.6 Å². The number of Topliss-reactive ketones (excluding diaryl/α,β-unsaturated/α-hetero) is 1. The summed E-state index contributed by atoms with van der Waals surface area (Å²) < 4.78 is 27.3. The minimum atomic E-state index is -1.47. The van der Waals surface area contributed by atoms with Gasteiger partial charge in [-0.1, -0.05) is 11.6 Å². The number of aliphatic hydroxyl groups excluding tert-OH is 2. The molecule has 1 aromatic rings. The van der Waals surface area contributed by atoms with Crippen molar-refractivity contribution in [3.63, 3.8) is 0 Å². The van der Waals surface area contributed by atoms with Gasteiger partial charge >= 0.3 is 0 Å². The van der Waals surface area contributed by atoms with E-state index >= 15 is 0 Å². The second kappa shape index (κ2) is 4.79. The molecule has 2 N–H and O–H groups in total. The smallest absolute Gasteiger partial charge is 0.193 e. The minimum absolute atomic E-state index is 0.0945. The van der Waals surface area contributed by atoms with E-state index in [1.807, 2.05) is 0 Å². The molecule has 2 unspecified atom stereocenters. The van der Waals surface area contributed by atoms with Crippen molar-refractivity contribution in [2.75, 3.05) is 18.0 Å². The standard InChI is InChI=1S/C11H10ClF2NO3/c12-5-1-6(13)10(7(14)2-5)15-3-8(16)11(18)9(17)4-15/h1-2,8-9,16-17H,3-4H2. The molecule has 0 spiro atoms. The number of hydrogen-bond acceptors (Lipinski definition) is 4. The third-order valence-corrected chi connectivity index (χ3v) is 2.96. The summed E-state index contributed by atoms with van der Waals surface area (Å²) in [5, 5.41) is 18.7. The van der Waals surface area contributed by atoms with Crippen molar-refractivity contribution in [2.24, 2.45) is 0 Å². The lowest BCUT2D eigenvalue weighted by atomic mass is 10.0. The highest BCUT2D eigenvalue weighted by atomic mass is 35.5. The van der Waals surface area contributed by atoms with Crippen LogP contribution in [0, 0.1) is 11.6 Å². The third-order valence-electron chi connectivity index (χ3n) is 2.74. The number of aliphatic hydroxyl groups is 2. The Kier molecular flexibility index (Phi) is 3.52. The molecule has 1 aromatic carbocycles. The van der Waals surface area contributed by atoms with E-state index in [1.165, 1.54) is 0 Å². The van der Waals surface area contributed by atoms with E-state index in [9.17, 15) is 23.8 Å².